The zero-order chi connectivity index (χ0) is 14.4. The minimum absolute atomic E-state index is 0.0270. The van der Waals surface area contributed by atoms with Crippen LogP contribution in [-0.4, -0.2) is 18.1 Å². The summed E-state index contributed by atoms with van der Waals surface area (Å²) < 4.78 is 6.03. The monoisotopic (exact) mass is 272 g/mol. The van der Waals surface area contributed by atoms with Crippen molar-refractivity contribution in [3.63, 3.8) is 0 Å². The summed E-state index contributed by atoms with van der Waals surface area (Å²) in [5.74, 6) is 0.880. The third-order valence-electron chi connectivity index (χ3n) is 4.37. The Morgan fingerprint density at radius 3 is 2.75 bits per heavy atom. The van der Waals surface area contributed by atoms with Crippen LogP contribution in [0.5, 0.6) is 0 Å². The first-order valence-corrected chi connectivity index (χ1v) is 7.51. The highest BCUT2D eigenvalue weighted by Crippen LogP contribution is 2.33. The molecule has 0 amide bonds. The normalized spacial score (nSPS) is 24.2. The number of hydrogen-bond donors (Lipinski definition) is 1. The maximum atomic E-state index is 6.03. The third kappa shape index (κ3) is 2.35. The van der Waals surface area contributed by atoms with Gasteiger partial charge >= 0.3 is 0 Å². The second kappa shape index (κ2) is 4.59. The zero-order valence-corrected chi connectivity index (χ0v) is 12.9. The Balaban J connectivity index is 2.02. The molecule has 1 aliphatic heterocycles. The first-order chi connectivity index (χ1) is 9.38. The van der Waals surface area contributed by atoms with E-state index in [2.05, 4.69) is 51.2 Å². The second-order valence-corrected chi connectivity index (χ2v) is 7.29. The summed E-state index contributed by atoms with van der Waals surface area (Å²) in [6.45, 7) is 11.0. The summed E-state index contributed by atoms with van der Waals surface area (Å²) in [5.41, 5.74) is 3.36. The highest BCUT2D eigenvalue weighted by molar-refractivity contribution is 5.74. The van der Waals surface area contributed by atoms with Crippen molar-refractivity contribution in [3.8, 4) is 0 Å². The standard InChI is InChI=1S/C17H24N2O/c1-16(2,3)12-6-7-14-13(10-12)19-15(20-14)17(4)8-5-9-18-11-17/h6-7,10,18H,5,8-9,11H2,1-4H3. The lowest BCUT2D eigenvalue weighted by Gasteiger charge is -2.30. The van der Waals surface area contributed by atoms with Gasteiger partial charge in [0, 0.05) is 6.54 Å². The molecule has 0 aliphatic carbocycles. The van der Waals surface area contributed by atoms with E-state index in [0.29, 0.717) is 0 Å². The van der Waals surface area contributed by atoms with Crippen LogP contribution in [0.4, 0.5) is 0 Å². The van der Waals surface area contributed by atoms with Crippen LogP contribution < -0.4 is 5.32 Å². The van der Waals surface area contributed by atoms with Gasteiger partial charge < -0.3 is 9.73 Å². The molecule has 1 aromatic carbocycles. The lowest BCUT2D eigenvalue weighted by Crippen LogP contribution is -2.41. The predicted molar refractivity (Wildman–Crippen MR) is 82.2 cm³/mol. The van der Waals surface area contributed by atoms with Crippen LogP contribution >= 0.6 is 0 Å². The number of fused-ring (bicyclic) bond motifs is 1. The van der Waals surface area contributed by atoms with Crippen LogP contribution in [0.1, 0.15) is 52.0 Å². The number of hydrogen-bond acceptors (Lipinski definition) is 3. The molecule has 3 nitrogen and oxygen atoms in total. The van der Waals surface area contributed by atoms with Gasteiger partial charge in [0.1, 0.15) is 5.52 Å². The topological polar surface area (TPSA) is 38.1 Å². The first-order valence-electron chi connectivity index (χ1n) is 7.51. The first kappa shape index (κ1) is 13.6. The molecule has 3 rings (SSSR count). The van der Waals surface area contributed by atoms with Crippen molar-refractivity contribution in [1.82, 2.24) is 10.3 Å². The van der Waals surface area contributed by atoms with Crippen molar-refractivity contribution in [2.75, 3.05) is 13.1 Å². The van der Waals surface area contributed by atoms with E-state index < -0.39 is 0 Å². The van der Waals surface area contributed by atoms with Gasteiger partial charge in [-0.3, -0.25) is 0 Å². The average molecular weight is 272 g/mol. The molecule has 20 heavy (non-hydrogen) atoms. The maximum absolute atomic E-state index is 6.03. The quantitative estimate of drug-likeness (QED) is 0.859. The van der Waals surface area contributed by atoms with E-state index in [1.807, 2.05) is 0 Å². The molecule has 3 heteroatoms. The van der Waals surface area contributed by atoms with Crippen LogP contribution in [0.2, 0.25) is 0 Å². The van der Waals surface area contributed by atoms with Crippen LogP contribution in [0.25, 0.3) is 11.1 Å². The fourth-order valence-electron chi connectivity index (χ4n) is 2.89. The molecule has 2 heterocycles. The fraction of sp³-hybridized carbons (Fsp3) is 0.588. The summed E-state index contributed by atoms with van der Waals surface area (Å²) in [5, 5.41) is 3.45. The van der Waals surface area contributed by atoms with Gasteiger partial charge in [-0.2, -0.15) is 0 Å². The Bertz CT molecular complexity index is 615. The molecule has 1 saturated heterocycles. The Morgan fingerprint density at radius 1 is 1.30 bits per heavy atom. The summed E-state index contributed by atoms with van der Waals surface area (Å²) in [6.07, 6.45) is 2.32. The minimum Gasteiger partial charge on any atom is -0.440 e. The summed E-state index contributed by atoms with van der Waals surface area (Å²) in [7, 11) is 0. The Kier molecular flexibility index (Phi) is 3.13. The SMILES string of the molecule is CC(C)(C)c1ccc2oc(C3(C)CCCNC3)nc2c1. The van der Waals surface area contributed by atoms with E-state index >= 15 is 0 Å². The van der Waals surface area contributed by atoms with Crippen molar-refractivity contribution >= 4 is 11.1 Å². The largest absolute Gasteiger partial charge is 0.440 e. The summed E-state index contributed by atoms with van der Waals surface area (Å²) in [6, 6.07) is 6.38. The van der Waals surface area contributed by atoms with Gasteiger partial charge in [0.15, 0.2) is 5.58 Å². The zero-order valence-electron chi connectivity index (χ0n) is 12.9. The third-order valence-corrected chi connectivity index (χ3v) is 4.37. The molecule has 108 valence electrons. The van der Waals surface area contributed by atoms with Gasteiger partial charge in [-0.25, -0.2) is 4.98 Å². The summed E-state index contributed by atoms with van der Waals surface area (Å²) in [4.78, 5) is 4.78. The predicted octanol–water partition coefficient (Wildman–Crippen LogP) is 3.77. The van der Waals surface area contributed by atoms with Crippen molar-refractivity contribution in [2.24, 2.45) is 0 Å². The second-order valence-electron chi connectivity index (χ2n) is 7.29. The molecule has 0 radical (unpaired) electrons. The number of nitrogens with zero attached hydrogens (tertiary/aromatic N) is 1. The van der Waals surface area contributed by atoms with Gasteiger partial charge in [0.2, 0.25) is 5.89 Å². The van der Waals surface area contributed by atoms with Gasteiger partial charge in [0.05, 0.1) is 5.41 Å². The van der Waals surface area contributed by atoms with Gasteiger partial charge in [-0.15, -0.1) is 0 Å². The molecule has 1 N–H and O–H groups in total. The molecule has 1 fully saturated rings. The van der Waals surface area contributed by atoms with Crippen molar-refractivity contribution in [3.05, 3.63) is 29.7 Å². The molecule has 1 atom stereocenters. The molecule has 1 aromatic heterocycles. The Labute approximate surface area is 120 Å². The highest BCUT2D eigenvalue weighted by atomic mass is 16.3. The average Bonchev–Trinajstić information content (AvgIpc) is 2.82. The summed E-state index contributed by atoms with van der Waals surface area (Å²) >= 11 is 0. The lowest BCUT2D eigenvalue weighted by atomic mass is 9.83. The highest BCUT2D eigenvalue weighted by Gasteiger charge is 2.33. The molecular formula is C17H24N2O. The number of nitrogens with one attached hydrogen (secondary N) is 1. The van der Waals surface area contributed by atoms with E-state index in [0.717, 1.165) is 36.5 Å². The molecule has 1 unspecified atom stereocenters. The Hall–Kier alpha value is -1.35. The number of piperidine rings is 1. The van der Waals surface area contributed by atoms with Crippen molar-refractivity contribution < 1.29 is 4.42 Å². The van der Waals surface area contributed by atoms with E-state index in [1.165, 1.54) is 12.0 Å². The van der Waals surface area contributed by atoms with Crippen LogP contribution in [0, 0.1) is 0 Å². The van der Waals surface area contributed by atoms with E-state index in [1.54, 1.807) is 0 Å². The molecular weight excluding hydrogens is 248 g/mol. The number of oxazole rings is 1. The van der Waals surface area contributed by atoms with Crippen molar-refractivity contribution in [2.45, 2.75) is 51.4 Å². The van der Waals surface area contributed by atoms with Crippen LogP contribution in [0.3, 0.4) is 0 Å². The fourth-order valence-corrected chi connectivity index (χ4v) is 2.89. The lowest BCUT2D eigenvalue weighted by molar-refractivity contribution is 0.279. The van der Waals surface area contributed by atoms with Crippen molar-refractivity contribution in [1.29, 1.82) is 0 Å². The van der Waals surface area contributed by atoms with E-state index in [-0.39, 0.29) is 10.8 Å². The number of benzene rings is 1. The minimum atomic E-state index is 0.0270. The van der Waals surface area contributed by atoms with Crippen LogP contribution in [-0.2, 0) is 10.8 Å². The van der Waals surface area contributed by atoms with Gasteiger partial charge in [-0.1, -0.05) is 26.8 Å². The van der Waals surface area contributed by atoms with Crippen LogP contribution in [0.15, 0.2) is 22.6 Å². The number of rotatable bonds is 1. The molecule has 0 saturated carbocycles. The maximum Gasteiger partial charge on any atom is 0.202 e. The van der Waals surface area contributed by atoms with Gasteiger partial charge in [0.25, 0.3) is 0 Å². The Morgan fingerprint density at radius 2 is 2.10 bits per heavy atom. The number of aromatic nitrogens is 1. The molecule has 1 aliphatic rings. The molecule has 0 spiro atoms. The molecule has 2 aromatic rings. The van der Waals surface area contributed by atoms with E-state index in [9.17, 15) is 0 Å². The van der Waals surface area contributed by atoms with Gasteiger partial charge in [-0.05, 0) is 49.4 Å². The van der Waals surface area contributed by atoms with E-state index in [4.69, 9.17) is 9.40 Å². The smallest absolute Gasteiger partial charge is 0.202 e. The molecule has 0 bridgehead atoms.